The molecule has 0 aliphatic carbocycles. The predicted molar refractivity (Wildman–Crippen MR) is 130 cm³/mol. The molecule has 7 heteroatoms. The van der Waals surface area contributed by atoms with Crippen LogP contribution in [0.4, 0.5) is 0 Å². The number of aryl methyl sites for hydroxylation is 1. The van der Waals surface area contributed by atoms with Crippen LogP contribution >= 0.6 is 24.0 Å². The second kappa shape index (κ2) is 8.69. The van der Waals surface area contributed by atoms with Crippen molar-refractivity contribution in [2.24, 2.45) is 0 Å². The smallest absolute Gasteiger partial charge is 0.266 e. The number of carbonyl (C=O) groups is 1. The maximum atomic E-state index is 12.9. The molecule has 31 heavy (non-hydrogen) atoms. The monoisotopic (exact) mass is 449 g/mol. The highest BCUT2D eigenvalue weighted by atomic mass is 32.2. The number of ether oxygens (including phenoxy) is 1. The van der Waals surface area contributed by atoms with Crippen molar-refractivity contribution in [3.8, 4) is 22.7 Å². The van der Waals surface area contributed by atoms with Crippen molar-refractivity contribution in [3.05, 3.63) is 70.8 Å². The lowest BCUT2D eigenvalue weighted by molar-refractivity contribution is -0.123. The van der Waals surface area contributed by atoms with Crippen molar-refractivity contribution in [3.63, 3.8) is 0 Å². The lowest BCUT2D eigenvalue weighted by atomic mass is 10.0. The summed E-state index contributed by atoms with van der Waals surface area (Å²) in [4.78, 5) is 15.2. The zero-order valence-corrected chi connectivity index (χ0v) is 19.5. The van der Waals surface area contributed by atoms with Gasteiger partial charge in [0.2, 0.25) is 0 Å². The summed E-state index contributed by atoms with van der Waals surface area (Å²) in [5, 5.41) is 4.85. The molecule has 4 rings (SSSR count). The molecule has 0 radical (unpaired) electrons. The quantitative estimate of drug-likeness (QED) is 0.382. The van der Waals surface area contributed by atoms with Gasteiger partial charge >= 0.3 is 0 Å². The normalized spacial score (nSPS) is 15.4. The lowest BCUT2D eigenvalue weighted by Crippen LogP contribution is -2.34. The Morgan fingerprint density at radius 3 is 2.52 bits per heavy atom. The fourth-order valence-corrected chi connectivity index (χ4v) is 5.04. The summed E-state index contributed by atoms with van der Waals surface area (Å²) in [6, 6.07) is 15.9. The van der Waals surface area contributed by atoms with E-state index in [1.807, 2.05) is 86.3 Å². The standard InChI is InChI=1S/C24H23N3O2S2/c1-15(2)27-23(28)21(31-24(27)30)13-18-14-26(19-8-6-5-7-9-19)25-22(18)17-10-11-20(29-4)16(3)12-17/h5-15H,1-4H3/b21-13+. The van der Waals surface area contributed by atoms with Gasteiger partial charge in [0.15, 0.2) is 0 Å². The lowest BCUT2D eigenvalue weighted by Gasteiger charge is -2.18. The van der Waals surface area contributed by atoms with Crippen LogP contribution in [0.15, 0.2) is 59.6 Å². The highest BCUT2D eigenvalue weighted by Gasteiger charge is 2.34. The summed E-state index contributed by atoms with van der Waals surface area (Å²) in [7, 11) is 1.66. The molecular formula is C24H23N3O2S2. The van der Waals surface area contributed by atoms with Gasteiger partial charge in [-0.25, -0.2) is 4.68 Å². The van der Waals surface area contributed by atoms with Gasteiger partial charge in [0.05, 0.1) is 17.7 Å². The minimum absolute atomic E-state index is 0.0224. The molecule has 0 bridgehead atoms. The zero-order chi connectivity index (χ0) is 22.1. The van der Waals surface area contributed by atoms with E-state index in [1.165, 1.54) is 11.8 Å². The van der Waals surface area contributed by atoms with Gasteiger partial charge in [-0.15, -0.1) is 0 Å². The minimum Gasteiger partial charge on any atom is -0.496 e. The number of thioether (sulfide) groups is 1. The van der Waals surface area contributed by atoms with Crippen molar-refractivity contribution < 1.29 is 9.53 Å². The summed E-state index contributed by atoms with van der Waals surface area (Å²) >= 11 is 6.77. The molecule has 0 saturated carbocycles. The topological polar surface area (TPSA) is 47.4 Å². The van der Waals surface area contributed by atoms with Crippen LogP contribution < -0.4 is 4.74 Å². The van der Waals surface area contributed by atoms with Crippen LogP contribution in [-0.4, -0.2) is 38.1 Å². The Balaban J connectivity index is 1.83. The SMILES string of the molecule is COc1ccc(-c2nn(-c3ccccc3)cc2/C=C2/SC(=S)N(C(C)C)C2=O)cc1C. The van der Waals surface area contributed by atoms with Crippen LogP contribution in [-0.2, 0) is 4.79 Å². The molecule has 158 valence electrons. The molecule has 3 aromatic rings. The number of amides is 1. The number of nitrogens with zero attached hydrogens (tertiary/aromatic N) is 3. The van der Waals surface area contributed by atoms with E-state index in [0.717, 1.165) is 33.8 Å². The van der Waals surface area contributed by atoms with Gasteiger partial charge in [0, 0.05) is 23.4 Å². The van der Waals surface area contributed by atoms with Gasteiger partial charge in [0.25, 0.3) is 5.91 Å². The van der Waals surface area contributed by atoms with E-state index < -0.39 is 0 Å². The van der Waals surface area contributed by atoms with Crippen molar-refractivity contribution in [2.45, 2.75) is 26.8 Å². The largest absolute Gasteiger partial charge is 0.496 e. The molecule has 1 aromatic heterocycles. The van der Waals surface area contributed by atoms with Gasteiger partial charge in [-0.3, -0.25) is 9.69 Å². The molecular weight excluding hydrogens is 426 g/mol. The summed E-state index contributed by atoms with van der Waals surface area (Å²) in [6.45, 7) is 5.93. The number of benzene rings is 2. The highest BCUT2D eigenvalue weighted by molar-refractivity contribution is 8.26. The maximum absolute atomic E-state index is 12.9. The summed E-state index contributed by atoms with van der Waals surface area (Å²) in [6.07, 6.45) is 3.84. The molecule has 1 aliphatic rings. The third-order valence-corrected chi connectivity index (χ3v) is 6.39. The van der Waals surface area contributed by atoms with E-state index in [1.54, 1.807) is 12.0 Å². The fraction of sp³-hybridized carbons (Fsp3) is 0.208. The zero-order valence-electron chi connectivity index (χ0n) is 17.8. The van der Waals surface area contributed by atoms with Crippen molar-refractivity contribution >= 4 is 40.3 Å². The highest BCUT2D eigenvalue weighted by Crippen LogP contribution is 2.36. The molecule has 1 fully saturated rings. The minimum atomic E-state index is -0.0608. The van der Waals surface area contributed by atoms with E-state index in [0.29, 0.717) is 9.23 Å². The average molecular weight is 450 g/mol. The number of para-hydroxylation sites is 1. The molecule has 5 nitrogen and oxygen atoms in total. The first-order chi connectivity index (χ1) is 14.9. The number of aromatic nitrogens is 2. The van der Waals surface area contributed by atoms with Crippen LogP contribution in [0.2, 0.25) is 0 Å². The van der Waals surface area contributed by atoms with Crippen molar-refractivity contribution in [1.29, 1.82) is 0 Å². The predicted octanol–water partition coefficient (Wildman–Crippen LogP) is 5.47. The van der Waals surface area contributed by atoms with E-state index in [2.05, 4.69) is 0 Å². The van der Waals surface area contributed by atoms with Gasteiger partial charge in [0.1, 0.15) is 15.8 Å². The van der Waals surface area contributed by atoms with Gasteiger partial charge in [-0.05, 0) is 62.7 Å². The summed E-state index contributed by atoms with van der Waals surface area (Å²) < 4.78 is 7.83. The first kappa shape index (κ1) is 21.3. The van der Waals surface area contributed by atoms with Gasteiger partial charge in [-0.2, -0.15) is 5.10 Å². The van der Waals surface area contributed by atoms with Gasteiger partial charge < -0.3 is 4.74 Å². The fourth-order valence-electron chi connectivity index (χ4n) is 3.52. The second-order valence-corrected chi connectivity index (χ2v) is 9.22. The van der Waals surface area contributed by atoms with Crippen LogP contribution in [0.25, 0.3) is 23.0 Å². The molecule has 2 heterocycles. The number of thiocarbonyl (C=S) groups is 1. The number of hydrogen-bond acceptors (Lipinski definition) is 5. The number of methoxy groups -OCH3 is 1. The third-order valence-electron chi connectivity index (χ3n) is 5.06. The third kappa shape index (κ3) is 4.16. The molecule has 1 aliphatic heterocycles. The van der Waals surface area contributed by atoms with E-state index in [-0.39, 0.29) is 11.9 Å². The molecule has 0 spiro atoms. The molecule has 1 saturated heterocycles. The first-order valence-electron chi connectivity index (χ1n) is 9.96. The van der Waals surface area contributed by atoms with Crippen molar-refractivity contribution in [2.75, 3.05) is 7.11 Å². The van der Waals surface area contributed by atoms with Gasteiger partial charge in [-0.1, -0.05) is 42.2 Å². The van der Waals surface area contributed by atoms with E-state index in [9.17, 15) is 4.79 Å². The maximum Gasteiger partial charge on any atom is 0.266 e. The molecule has 0 N–H and O–H groups in total. The number of rotatable bonds is 5. The van der Waals surface area contributed by atoms with Crippen LogP contribution in [0, 0.1) is 6.92 Å². The number of carbonyl (C=O) groups excluding carboxylic acids is 1. The molecule has 0 atom stereocenters. The first-order valence-corrected chi connectivity index (χ1v) is 11.2. The Kier molecular flexibility index (Phi) is 5.98. The van der Waals surface area contributed by atoms with Crippen LogP contribution in [0.1, 0.15) is 25.0 Å². The van der Waals surface area contributed by atoms with Crippen LogP contribution in [0.3, 0.4) is 0 Å². The molecule has 2 aromatic carbocycles. The Labute approximate surface area is 191 Å². The molecule has 1 amide bonds. The average Bonchev–Trinajstić information content (AvgIpc) is 3.29. The Hall–Kier alpha value is -2.90. The Bertz CT molecular complexity index is 1180. The Morgan fingerprint density at radius 2 is 1.90 bits per heavy atom. The molecule has 0 unspecified atom stereocenters. The van der Waals surface area contributed by atoms with Crippen LogP contribution in [0.5, 0.6) is 5.75 Å². The Morgan fingerprint density at radius 1 is 1.16 bits per heavy atom. The summed E-state index contributed by atoms with van der Waals surface area (Å²) in [5.41, 5.74) is 4.58. The second-order valence-electron chi connectivity index (χ2n) is 7.54. The van der Waals surface area contributed by atoms with E-state index >= 15 is 0 Å². The number of hydrogen-bond donors (Lipinski definition) is 0. The van der Waals surface area contributed by atoms with Crippen molar-refractivity contribution in [1.82, 2.24) is 14.7 Å². The summed E-state index contributed by atoms with van der Waals surface area (Å²) in [5.74, 6) is 0.764. The van der Waals surface area contributed by atoms with E-state index in [4.69, 9.17) is 22.1 Å².